The van der Waals surface area contributed by atoms with E-state index in [1.807, 2.05) is 0 Å². The molecular weight excluding hydrogens is 78.1 g/mol. The molecule has 0 spiro atoms. The summed E-state index contributed by atoms with van der Waals surface area (Å²) in [6, 6.07) is 0. The van der Waals surface area contributed by atoms with Crippen LogP contribution in [0, 0.1) is 0 Å². The summed E-state index contributed by atoms with van der Waals surface area (Å²) in [5.74, 6) is 0. The van der Waals surface area contributed by atoms with Gasteiger partial charge in [-0.1, -0.05) is 0 Å². The SMILES string of the molecule is C1=NC=N[N]C1. The Morgan fingerprint density at radius 3 is 2.67 bits per heavy atom. The summed E-state index contributed by atoms with van der Waals surface area (Å²) in [4.78, 5) is 3.67. The smallest absolute Gasteiger partial charge is 0.137 e. The summed E-state index contributed by atoms with van der Waals surface area (Å²) in [6.45, 7) is 0.635. The van der Waals surface area contributed by atoms with Crippen LogP contribution in [-0.2, 0) is 0 Å². The topological polar surface area (TPSA) is 38.8 Å². The van der Waals surface area contributed by atoms with Crippen LogP contribution < -0.4 is 5.43 Å². The molecule has 0 fully saturated rings. The molecule has 0 bridgehead atoms. The summed E-state index contributed by atoms with van der Waals surface area (Å²) in [6.07, 6.45) is 3.12. The van der Waals surface area contributed by atoms with Gasteiger partial charge in [0.1, 0.15) is 6.34 Å². The summed E-state index contributed by atoms with van der Waals surface area (Å²) < 4.78 is 0. The van der Waals surface area contributed by atoms with Crippen LogP contribution in [0.4, 0.5) is 0 Å². The van der Waals surface area contributed by atoms with Crippen LogP contribution in [0.1, 0.15) is 0 Å². The fourth-order valence-corrected chi connectivity index (χ4v) is 0.244. The molecule has 6 heavy (non-hydrogen) atoms. The summed E-state index contributed by atoms with van der Waals surface area (Å²) in [5, 5.41) is 3.48. The highest BCUT2D eigenvalue weighted by Gasteiger charge is 1.78. The van der Waals surface area contributed by atoms with Gasteiger partial charge in [-0.05, 0) is 0 Å². The summed E-state index contributed by atoms with van der Waals surface area (Å²) in [5.41, 5.74) is 3.60. The number of rotatable bonds is 0. The highest BCUT2D eigenvalue weighted by atomic mass is 15.3. The summed E-state index contributed by atoms with van der Waals surface area (Å²) in [7, 11) is 0. The number of nitrogens with zero attached hydrogens (tertiary/aromatic N) is 3. The van der Waals surface area contributed by atoms with Gasteiger partial charge in [-0.3, -0.25) is 0 Å². The highest BCUT2D eigenvalue weighted by Crippen LogP contribution is 1.68. The Balaban J connectivity index is 2.46. The van der Waals surface area contributed by atoms with Gasteiger partial charge < -0.3 is 0 Å². The number of aliphatic imine (C=N–C) groups is 1. The zero-order valence-corrected chi connectivity index (χ0v) is 3.20. The molecule has 1 heterocycles. The van der Waals surface area contributed by atoms with Crippen LogP contribution in [0.15, 0.2) is 10.1 Å². The molecule has 0 aromatic rings. The molecule has 0 aromatic heterocycles. The molecule has 0 atom stereocenters. The lowest BCUT2D eigenvalue weighted by atomic mass is 10.7. The Bertz CT molecular complexity index is 72.0. The average molecular weight is 82.1 g/mol. The molecule has 1 radical (unpaired) electrons. The third-order valence-corrected chi connectivity index (χ3v) is 0.469. The molecular formula is C3H4N3. The molecule has 1 aliphatic rings. The fourth-order valence-electron chi connectivity index (χ4n) is 0.244. The average Bonchev–Trinajstić information content (AvgIpc) is 1.72. The van der Waals surface area contributed by atoms with E-state index < -0.39 is 0 Å². The minimum Gasteiger partial charge on any atom is -0.245 e. The van der Waals surface area contributed by atoms with Crippen molar-refractivity contribution >= 4 is 12.6 Å². The van der Waals surface area contributed by atoms with Gasteiger partial charge in [-0.15, -0.1) is 5.10 Å². The van der Waals surface area contributed by atoms with E-state index in [1.54, 1.807) is 6.21 Å². The first-order valence-corrected chi connectivity index (χ1v) is 1.70. The van der Waals surface area contributed by atoms with Gasteiger partial charge in [0.15, 0.2) is 0 Å². The van der Waals surface area contributed by atoms with Crippen LogP contribution >= 0.6 is 0 Å². The zero-order chi connectivity index (χ0) is 4.24. The molecule has 1 aliphatic heterocycles. The highest BCUT2D eigenvalue weighted by molar-refractivity contribution is 5.74. The van der Waals surface area contributed by atoms with Crippen molar-refractivity contribution in [1.29, 1.82) is 0 Å². The predicted octanol–water partition coefficient (Wildman–Crippen LogP) is -0.382. The molecule has 0 unspecified atom stereocenters. The lowest BCUT2D eigenvalue weighted by Crippen LogP contribution is -2.03. The van der Waals surface area contributed by atoms with Gasteiger partial charge in [-0.25, -0.2) is 4.99 Å². The molecule has 0 saturated carbocycles. The maximum Gasteiger partial charge on any atom is 0.137 e. The molecule has 0 amide bonds. The van der Waals surface area contributed by atoms with Gasteiger partial charge in [0, 0.05) is 6.21 Å². The van der Waals surface area contributed by atoms with Crippen LogP contribution in [0.3, 0.4) is 0 Å². The first-order chi connectivity index (χ1) is 3.00. The van der Waals surface area contributed by atoms with Crippen molar-refractivity contribution in [1.82, 2.24) is 5.43 Å². The molecule has 0 aliphatic carbocycles. The lowest BCUT2D eigenvalue weighted by Gasteiger charge is -1.88. The molecule has 1 rings (SSSR count). The van der Waals surface area contributed by atoms with Crippen molar-refractivity contribution in [2.75, 3.05) is 6.54 Å². The van der Waals surface area contributed by atoms with Crippen molar-refractivity contribution in [3.05, 3.63) is 0 Å². The fraction of sp³-hybridized carbons (Fsp3) is 0.333. The first kappa shape index (κ1) is 3.33. The van der Waals surface area contributed by atoms with Crippen LogP contribution in [0.2, 0.25) is 0 Å². The lowest BCUT2D eigenvalue weighted by molar-refractivity contribution is 0.828. The van der Waals surface area contributed by atoms with E-state index in [1.165, 1.54) is 6.34 Å². The Hall–Kier alpha value is -0.860. The second kappa shape index (κ2) is 1.55. The molecule has 0 aromatic carbocycles. The van der Waals surface area contributed by atoms with Gasteiger partial charge in [-0.2, -0.15) is 5.43 Å². The van der Waals surface area contributed by atoms with Crippen LogP contribution in [-0.4, -0.2) is 19.1 Å². The maximum absolute atomic E-state index is 3.67. The van der Waals surface area contributed by atoms with E-state index in [0.717, 1.165) is 0 Å². The zero-order valence-electron chi connectivity index (χ0n) is 3.20. The summed E-state index contributed by atoms with van der Waals surface area (Å²) >= 11 is 0. The first-order valence-electron chi connectivity index (χ1n) is 1.70. The Morgan fingerprint density at radius 2 is 2.50 bits per heavy atom. The molecule has 3 heteroatoms. The van der Waals surface area contributed by atoms with Gasteiger partial charge in [0.2, 0.25) is 0 Å². The van der Waals surface area contributed by atoms with Crippen LogP contribution in [0.25, 0.3) is 0 Å². The van der Waals surface area contributed by atoms with E-state index in [2.05, 4.69) is 15.5 Å². The van der Waals surface area contributed by atoms with Crippen molar-refractivity contribution < 1.29 is 0 Å². The minimum atomic E-state index is 0.635. The van der Waals surface area contributed by atoms with Crippen molar-refractivity contribution in [2.24, 2.45) is 10.1 Å². The molecule has 0 saturated heterocycles. The van der Waals surface area contributed by atoms with E-state index >= 15 is 0 Å². The predicted molar refractivity (Wildman–Crippen MR) is 24.0 cm³/mol. The molecule has 31 valence electrons. The van der Waals surface area contributed by atoms with Gasteiger partial charge >= 0.3 is 0 Å². The van der Waals surface area contributed by atoms with Gasteiger partial charge in [0.25, 0.3) is 0 Å². The standard InChI is InChI=1S/C3H4N3/c1-2-5-6-3-4-1/h1,3H,2H2. The van der Waals surface area contributed by atoms with Gasteiger partial charge in [0.05, 0.1) is 6.54 Å². The maximum atomic E-state index is 3.67. The van der Waals surface area contributed by atoms with E-state index in [-0.39, 0.29) is 0 Å². The normalized spacial score (nSPS) is 17.3. The van der Waals surface area contributed by atoms with Crippen molar-refractivity contribution in [2.45, 2.75) is 0 Å². The quantitative estimate of drug-likeness (QED) is 0.382. The molecule has 0 N–H and O–H groups in total. The largest absolute Gasteiger partial charge is 0.245 e. The van der Waals surface area contributed by atoms with Crippen LogP contribution in [0.5, 0.6) is 0 Å². The second-order valence-corrected chi connectivity index (χ2v) is 0.887. The second-order valence-electron chi connectivity index (χ2n) is 0.887. The van der Waals surface area contributed by atoms with E-state index in [9.17, 15) is 0 Å². The number of hydrogen-bond donors (Lipinski definition) is 0. The van der Waals surface area contributed by atoms with Crippen molar-refractivity contribution in [3.8, 4) is 0 Å². The third kappa shape index (κ3) is 0.544. The third-order valence-electron chi connectivity index (χ3n) is 0.469. The minimum absolute atomic E-state index is 0.635. The monoisotopic (exact) mass is 82.0 g/mol. The number of hydrogen-bond acceptors (Lipinski definition) is 2. The van der Waals surface area contributed by atoms with E-state index in [0.29, 0.717) is 6.54 Å². The molecule has 3 nitrogen and oxygen atoms in total. The Labute approximate surface area is 35.8 Å². The van der Waals surface area contributed by atoms with E-state index in [4.69, 9.17) is 0 Å². The Morgan fingerprint density at radius 1 is 1.50 bits per heavy atom. The Kier molecular flexibility index (Phi) is 0.859. The van der Waals surface area contributed by atoms with Crippen molar-refractivity contribution in [3.63, 3.8) is 0 Å².